The molecule has 1 unspecified atom stereocenters. The molecule has 0 amide bonds. The van der Waals surface area contributed by atoms with Gasteiger partial charge < -0.3 is 5.73 Å². The van der Waals surface area contributed by atoms with Gasteiger partial charge in [0.2, 0.25) is 0 Å². The normalized spacial score (nSPS) is 13.0. The summed E-state index contributed by atoms with van der Waals surface area (Å²) >= 11 is 0. The smallest absolute Gasteiger partial charge is 0.0625 e. The molecule has 0 saturated heterocycles. The molecule has 0 bridgehead atoms. The lowest BCUT2D eigenvalue weighted by Gasteiger charge is -2.11. The summed E-state index contributed by atoms with van der Waals surface area (Å²) in [4.78, 5) is 0. The predicted octanol–water partition coefficient (Wildman–Crippen LogP) is 2.95. The lowest BCUT2D eigenvalue weighted by atomic mass is 10.1. The second kappa shape index (κ2) is 6.69. The average molecular weight is 223 g/mol. The molecule has 0 aromatic carbocycles. The van der Waals surface area contributed by atoms with Gasteiger partial charge in [0.05, 0.1) is 11.4 Å². The lowest BCUT2D eigenvalue weighted by molar-refractivity contribution is 0.533. The van der Waals surface area contributed by atoms with Crippen molar-refractivity contribution in [1.29, 1.82) is 0 Å². The average Bonchev–Trinajstić information content (AvgIpc) is 2.66. The molecule has 0 aliphatic heterocycles. The number of rotatable bonds is 7. The molecule has 0 radical (unpaired) electrons. The lowest BCUT2D eigenvalue weighted by Crippen LogP contribution is -2.14. The quantitative estimate of drug-likeness (QED) is 0.722. The number of aromatic nitrogens is 2. The molecule has 0 aliphatic rings. The van der Waals surface area contributed by atoms with Gasteiger partial charge in [-0.3, -0.25) is 4.68 Å². The van der Waals surface area contributed by atoms with Gasteiger partial charge >= 0.3 is 0 Å². The van der Waals surface area contributed by atoms with Crippen molar-refractivity contribution < 1.29 is 0 Å². The molecule has 2 N–H and O–H groups in total. The predicted molar refractivity (Wildman–Crippen MR) is 68.3 cm³/mol. The molecule has 92 valence electrons. The van der Waals surface area contributed by atoms with E-state index in [9.17, 15) is 0 Å². The van der Waals surface area contributed by atoms with Crippen LogP contribution in [-0.4, -0.2) is 9.78 Å². The van der Waals surface area contributed by atoms with E-state index in [-0.39, 0.29) is 6.04 Å². The zero-order valence-electron chi connectivity index (χ0n) is 10.9. The minimum Gasteiger partial charge on any atom is -0.323 e. The van der Waals surface area contributed by atoms with Crippen LogP contribution >= 0.6 is 0 Å². The second-order valence-electron chi connectivity index (χ2n) is 4.49. The molecule has 1 heterocycles. The van der Waals surface area contributed by atoms with Crippen LogP contribution in [-0.2, 0) is 13.5 Å². The van der Waals surface area contributed by atoms with Gasteiger partial charge in [0, 0.05) is 13.1 Å². The second-order valence-corrected chi connectivity index (χ2v) is 4.49. The fourth-order valence-electron chi connectivity index (χ4n) is 2.00. The molecule has 16 heavy (non-hydrogen) atoms. The molecule has 3 heteroatoms. The third kappa shape index (κ3) is 3.63. The molecule has 1 aromatic rings. The van der Waals surface area contributed by atoms with Gasteiger partial charge in [0.1, 0.15) is 0 Å². The highest BCUT2D eigenvalue weighted by Gasteiger charge is 2.11. The van der Waals surface area contributed by atoms with E-state index < -0.39 is 0 Å². The van der Waals surface area contributed by atoms with Gasteiger partial charge in [-0.1, -0.05) is 39.5 Å². The van der Waals surface area contributed by atoms with Crippen LogP contribution in [0.25, 0.3) is 0 Å². The summed E-state index contributed by atoms with van der Waals surface area (Å²) in [6.45, 7) is 4.35. The van der Waals surface area contributed by atoms with Gasteiger partial charge in [-0.2, -0.15) is 5.10 Å². The molecule has 0 aliphatic carbocycles. The van der Waals surface area contributed by atoms with Crippen molar-refractivity contribution in [2.24, 2.45) is 12.8 Å². The highest BCUT2D eigenvalue weighted by atomic mass is 15.3. The number of nitrogens with zero attached hydrogens (tertiary/aromatic N) is 2. The molecule has 1 atom stereocenters. The van der Waals surface area contributed by atoms with Gasteiger partial charge in [-0.15, -0.1) is 0 Å². The van der Waals surface area contributed by atoms with Crippen molar-refractivity contribution in [3.05, 3.63) is 17.5 Å². The number of aryl methyl sites for hydroxylation is 2. The third-order valence-electron chi connectivity index (χ3n) is 3.08. The fourth-order valence-corrected chi connectivity index (χ4v) is 2.00. The van der Waals surface area contributed by atoms with E-state index in [0.717, 1.165) is 18.5 Å². The van der Waals surface area contributed by atoms with E-state index in [2.05, 4.69) is 25.0 Å². The van der Waals surface area contributed by atoms with Crippen LogP contribution in [0.1, 0.15) is 63.4 Å². The Morgan fingerprint density at radius 1 is 1.31 bits per heavy atom. The highest BCUT2D eigenvalue weighted by Crippen LogP contribution is 2.18. The number of hydrogen-bond acceptors (Lipinski definition) is 2. The minimum atomic E-state index is 0.148. The van der Waals surface area contributed by atoms with Crippen molar-refractivity contribution >= 4 is 0 Å². The summed E-state index contributed by atoms with van der Waals surface area (Å²) in [6, 6.07) is 2.29. The van der Waals surface area contributed by atoms with Crippen LogP contribution in [0.15, 0.2) is 6.07 Å². The minimum absolute atomic E-state index is 0.148. The Labute approximate surface area is 99.0 Å². The molecule has 3 nitrogen and oxygen atoms in total. The summed E-state index contributed by atoms with van der Waals surface area (Å²) in [5, 5.41) is 4.43. The Bertz CT molecular complexity index is 304. The number of hydrogen-bond donors (Lipinski definition) is 1. The Kier molecular flexibility index (Phi) is 5.53. The Balaban J connectivity index is 2.45. The Morgan fingerprint density at radius 2 is 2.06 bits per heavy atom. The van der Waals surface area contributed by atoms with Crippen LogP contribution in [0.4, 0.5) is 0 Å². The van der Waals surface area contributed by atoms with Gasteiger partial charge in [-0.25, -0.2) is 0 Å². The summed E-state index contributed by atoms with van der Waals surface area (Å²) in [7, 11) is 1.99. The fraction of sp³-hybridized carbons (Fsp3) is 0.769. The van der Waals surface area contributed by atoms with Gasteiger partial charge in [0.15, 0.2) is 0 Å². The van der Waals surface area contributed by atoms with Crippen LogP contribution < -0.4 is 5.73 Å². The van der Waals surface area contributed by atoms with Gasteiger partial charge in [0.25, 0.3) is 0 Å². The molecular weight excluding hydrogens is 198 g/mol. The molecule has 0 saturated carbocycles. The van der Waals surface area contributed by atoms with E-state index in [1.807, 2.05) is 11.7 Å². The van der Waals surface area contributed by atoms with Crippen molar-refractivity contribution in [2.75, 3.05) is 0 Å². The number of unbranched alkanes of at least 4 members (excludes halogenated alkanes) is 3. The Morgan fingerprint density at radius 3 is 2.62 bits per heavy atom. The van der Waals surface area contributed by atoms with E-state index in [1.54, 1.807) is 0 Å². The Hall–Kier alpha value is -0.830. The van der Waals surface area contributed by atoms with Crippen molar-refractivity contribution in [3.8, 4) is 0 Å². The van der Waals surface area contributed by atoms with E-state index in [1.165, 1.54) is 31.4 Å². The van der Waals surface area contributed by atoms with Crippen LogP contribution in [0.5, 0.6) is 0 Å². The largest absolute Gasteiger partial charge is 0.323 e. The first-order valence-electron chi connectivity index (χ1n) is 6.47. The zero-order valence-corrected chi connectivity index (χ0v) is 10.9. The zero-order chi connectivity index (χ0) is 12.0. The van der Waals surface area contributed by atoms with Crippen molar-refractivity contribution in [3.63, 3.8) is 0 Å². The summed E-state index contributed by atoms with van der Waals surface area (Å²) in [5.41, 5.74) is 8.50. The first kappa shape index (κ1) is 13.2. The molecule has 0 spiro atoms. The molecule has 0 fully saturated rings. The molecule has 1 aromatic heterocycles. The first-order valence-corrected chi connectivity index (χ1v) is 6.47. The number of nitrogens with two attached hydrogens (primary N) is 1. The monoisotopic (exact) mass is 223 g/mol. The molecular formula is C13H25N3. The maximum Gasteiger partial charge on any atom is 0.0625 e. The summed E-state index contributed by atoms with van der Waals surface area (Å²) in [6.07, 6.45) is 7.17. The summed E-state index contributed by atoms with van der Waals surface area (Å²) in [5.74, 6) is 0. The third-order valence-corrected chi connectivity index (χ3v) is 3.08. The van der Waals surface area contributed by atoms with Crippen molar-refractivity contribution in [1.82, 2.24) is 9.78 Å². The standard InChI is InChI=1S/C13H25N3/c1-4-6-7-8-9-12(14)13-10-11(5-2)15-16(13)3/h10,12H,4-9,14H2,1-3H3. The summed E-state index contributed by atoms with van der Waals surface area (Å²) < 4.78 is 1.93. The van der Waals surface area contributed by atoms with E-state index >= 15 is 0 Å². The van der Waals surface area contributed by atoms with Crippen LogP contribution in [0, 0.1) is 0 Å². The first-order chi connectivity index (χ1) is 7.69. The highest BCUT2D eigenvalue weighted by molar-refractivity contribution is 5.13. The van der Waals surface area contributed by atoms with E-state index in [0.29, 0.717) is 0 Å². The molecule has 1 rings (SSSR count). The van der Waals surface area contributed by atoms with Crippen LogP contribution in [0.2, 0.25) is 0 Å². The SMILES string of the molecule is CCCCCCC(N)c1cc(CC)nn1C. The maximum atomic E-state index is 6.19. The van der Waals surface area contributed by atoms with Crippen LogP contribution in [0.3, 0.4) is 0 Å². The van der Waals surface area contributed by atoms with Crippen molar-refractivity contribution in [2.45, 2.75) is 58.4 Å². The maximum absolute atomic E-state index is 6.19. The van der Waals surface area contributed by atoms with E-state index in [4.69, 9.17) is 5.73 Å². The van der Waals surface area contributed by atoms with Gasteiger partial charge in [-0.05, 0) is 18.9 Å². The topological polar surface area (TPSA) is 43.8 Å².